The minimum Gasteiger partial charge on any atom is -0.215 e. The minimum atomic E-state index is -3.27. The van der Waals surface area contributed by atoms with Gasteiger partial charge in [0.1, 0.15) is 0 Å². The lowest BCUT2D eigenvalue weighted by Gasteiger charge is -2.04. The maximum absolute atomic E-state index is 11.4. The molecule has 1 aromatic rings. The van der Waals surface area contributed by atoms with Crippen LogP contribution in [0.15, 0.2) is 24.3 Å². The number of hydrogen-bond donors (Lipinski definition) is 1. The fraction of sp³-hybridized carbons (Fsp3) is 0.300. The fourth-order valence-corrected chi connectivity index (χ4v) is 2.38. The molecule has 1 rings (SSSR count). The quantitative estimate of drug-likeness (QED) is 0.829. The second kappa shape index (κ2) is 4.91. The third kappa shape index (κ3) is 3.70. The summed E-state index contributed by atoms with van der Waals surface area (Å²) in [6.07, 6.45) is 0. The highest BCUT2D eigenvalue weighted by Gasteiger charge is 2.09. The molecule has 0 spiro atoms. The van der Waals surface area contributed by atoms with Crippen LogP contribution in [0.25, 0.3) is 0 Å². The Morgan fingerprint density at radius 2 is 2.20 bits per heavy atom. The highest BCUT2D eigenvalue weighted by Crippen LogP contribution is 2.07. The van der Waals surface area contributed by atoms with Crippen LogP contribution < -0.4 is 4.72 Å². The normalized spacial score (nSPS) is 10.9. The molecule has 0 aliphatic heterocycles. The van der Waals surface area contributed by atoms with Crippen LogP contribution >= 0.6 is 0 Å². The van der Waals surface area contributed by atoms with E-state index >= 15 is 0 Å². The van der Waals surface area contributed by atoms with E-state index in [4.69, 9.17) is 5.26 Å². The molecule has 4 nitrogen and oxygen atoms in total. The highest BCUT2D eigenvalue weighted by atomic mass is 32.2. The topological polar surface area (TPSA) is 70.0 Å². The zero-order chi connectivity index (χ0) is 11.3. The Kier molecular flexibility index (Phi) is 3.83. The van der Waals surface area contributed by atoms with Crippen LogP contribution in [0.1, 0.15) is 18.1 Å². The molecule has 5 heteroatoms. The number of sulfonamides is 1. The third-order valence-corrected chi connectivity index (χ3v) is 3.22. The van der Waals surface area contributed by atoms with E-state index in [1.807, 2.05) is 6.07 Å². The van der Waals surface area contributed by atoms with E-state index in [9.17, 15) is 8.42 Å². The maximum atomic E-state index is 11.4. The zero-order valence-electron chi connectivity index (χ0n) is 8.40. The third-order valence-electron chi connectivity index (χ3n) is 1.78. The first kappa shape index (κ1) is 11.7. The number of benzene rings is 1. The number of hydrogen-bond acceptors (Lipinski definition) is 3. The van der Waals surface area contributed by atoms with Crippen molar-refractivity contribution in [3.63, 3.8) is 0 Å². The van der Waals surface area contributed by atoms with Gasteiger partial charge in [0, 0.05) is 6.54 Å². The first-order valence-corrected chi connectivity index (χ1v) is 6.19. The Labute approximate surface area is 89.6 Å². The van der Waals surface area contributed by atoms with Crippen molar-refractivity contribution in [2.75, 3.05) is 6.54 Å². The van der Waals surface area contributed by atoms with Gasteiger partial charge in [-0.2, -0.15) is 5.26 Å². The van der Waals surface area contributed by atoms with Crippen molar-refractivity contribution in [1.29, 1.82) is 5.26 Å². The van der Waals surface area contributed by atoms with Gasteiger partial charge in [0.15, 0.2) is 0 Å². The van der Waals surface area contributed by atoms with Crippen molar-refractivity contribution >= 4 is 10.0 Å². The average Bonchev–Trinajstić information content (AvgIpc) is 2.17. The molecule has 0 unspecified atom stereocenters. The van der Waals surface area contributed by atoms with E-state index < -0.39 is 10.0 Å². The highest BCUT2D eigenvalue weighted by molar-refractivity contribution is 7.88. The van der Waals surface area contributed by atoms with E-state index in [0.717, 1.165) is 0 Å². The summed E-state index contributed by atoms with van der Waals surface area (Å²) in [5.41, 5.74) is 1.09. The van der Waals surface area contributed by atoms with Gasteiger partial charge >= 0.3 is 0 Å². The molecular weight excluding hydrogens is 212 g/mol. The van der Waals surface area contributed by atoms with E-state index in [1.165, 1.54) is 0 Å². The molecule has 80 valence electrons. The van der Waals surface area contributed by atoms with Gasteiger partial charge in [-0.1, -0.05) is 19.1 Å². The first-order valence-electron chi connectivity index (χ1n) is 4.54. The van der Waals surface area contributed by atoms with Crippen LogP contribution in [-0.4, -0.2) is 15.0 Å². The molecule has 1 N–H and O–H groups in total. The number of nitrogens with one attached hydrogen (secondary N) is 1. The summed E-state index contributed by atoms with van der Waals surface area (Å²) < 4.78 is 25.2. The number of nitrogens with zero attached hydrogens (tertiary/aromatic N) is 1. The molecule has 15 heavy (non-hydrogen) atoms. The summed E-state index contributed by atoms with van der Waals surface area (Å²) in [6, 6.07) is 8.56. The smallest absolute Gasteiger partial charge is 0.215 e. The largest absolute Gasteiger partial charge is 0.215 e. The van der Waals surface area contributed by atoms with Gasteiger partial charge in [-0.25, -0.2) is 13.1 Å². The standard InChI is InChI=1S/C10H12N2O2S/c1-2-12-15(13,14)8-10-5-3-4-9(6-10)7-11/h3-6,12H,2,8H2,1H3. The van der Waals surface area contributed by atoms with Crippen LogP contribution in [0.2, 0.25) is 0 Å². The molecule has 0 aliphatic carbocycles. The number of rotatable bonds is 4. The lowest BCUT2D eigenvalue weighted by molar-refractivity contribution is 0.583. The lowest BCUT2D eigenvalue weighted by Crippen LogP contribution is -2.24. The molecule has 0 radical (unpaired) electrons. The summed E-state index contributed by atoms with van der Waals surface area (Å²) in [6.45, 7) is 2.10. The maximum Gasteiger partial charge on any atom is 0.215 e. The van der Waals surface area contributed by atoms with Crippen LogP contribution in [-0.2, 0) is 15.8 Å². The zero-order valence-corrected chi connectivity index (χ0v) is 9.21. The van der Waals surface area contributed by atoms with Gasteiger partial charge in [-0.05, 0) is 17.7 Å². The predicted octanol–water partition coefficient (Wildman–Crippen LogP) is 0.998. The first-order chi connectivity index (χ1) is 7.07. The molecule has 0 aliphatic rings. The number of nitriles is 1. The Bertz CT molecular complexity index is 474. The van der Waals surface area contributed by atoms with Crippen molar-refractivity contribution in [3.05, 3.63) is 35.4 Å². The van der Waals surface area contributed by atoms with Gasteiger partial charge in [0.25, 0.3) is 0 Å². The van der Waals surface area contributed by atoms with E-state index in [2.05, 4.69) is 4.72 Å². The second-order valence-corrected chi connectivity index (χ2v) is 4.88. The van der Waals surface area contributed by atoms with Crippen molar-refractivity contribution in [2.45, 2.75) is 12.7 Å². The van der Waals surface area contributed by atoms with E-state index in [0.29, 0.717) is 17.7 Å². The van der Waals surface area contributed by atoms with E-state index in [1.54, 1.807) is 31.2 Å². The Balaban J connectivity index is 2.86. The van der Waals surface area contributed by atoms with E-state index in [-0.39, 0.29) is 5.75 Å². The molecule has 1 aromatic carbocycles. The average molecular weight is 224 g/mol. The molecule has 0 fully saturated rings. The summed E-state index contributed by atoms with van der Waals surface area (Å²) in [4.78, 5) is 0. The minimum absolute atomic E-state index is 0.0869. The van der Waals surface area contributed by atoms with Crippen LogP contribution in [0.3, 0.4) is 0 Å². The summed E-state index contributed by atoms with van der Waals surface area (Å²) in [5, 5.41) is 8.65. The van der Waals surface area contributed by atoms with Crippen LogP contribution in [0.4, 0.5) is 0 Å². The van der Waals surface area contributed by atoms with Crippen molar-refractivity contribution < 1.29 is 8.42 Å². The van der Waals surface area contributed by atoms with Gasteiger partial charge in [-0.3, -0.25) is 0 Å². The monoisotopic (exact) mass is 224 g/mol. The lowest BCUT2D eigenvalue weighted by atomic mass is 10.2. The molecular formula is C10H12N2O2S. The van der Waals surface area contributed by atoms with Crippen molar-refractivity contribution in [2.24, 2.45) is 0 Å². The summed E-state index contributed by atoms with van der Waals surface area (Å²) in [7, 11) is -3.27. The molecule has 0 amide bonds. The molecule has 0 atom stereocenters. The van der Waals surface area contributed by atoms with Gasteiger partial charge in [0.2, 0.25) is 10.0 Å². The van der Waals surface area contributed by atoms with Gasteiger partial charge in [0.05, 0.1) is 17.4 Å². The van der Waals surface area contributed by atoms with Crippen LogP contribution in [0.5, 0.6) is 0 Å². The van der Waals surface area contributed by atoms with Crippen molar-refractivity contribution in [3.8, 4) is 6.07 Å². The Morgan fingerprint density at radius 1 is 1.47 bits per heavy atom. The predicted molar refractivity (Wildman–Crippen MR) is 57.5 cm³/mol. The Hall–Kier alpha value is -1.38. The van der Waals surface area contributed by atoms with Gasteiger partial charge < -0.3 is 0 Å². The molecule has 0 saturated heterocycles. The fourth-order valence-electron chi connectivity index (χ4n) is 1.22. The molecule has 0 saturated carbocycles. The second-order valence-electron chi connectivity index (χ2n) is 3.07. The Morgan fingerprint density at radius 3 is 2.80 bits per heavy atom. The summed E-state index contributed by atoms with van der Waals surface area (Å²) in [5.74, 6) is -0.0869. The summed E-state index contributed by atoms with van der Waals surface area (Å²) >= 11 is 0. The SMILES string of the molecule is CCNS(=O)(=O)Cc1cccc(C#N)c1. The molecule has 0 heterocycles. The molecule has 0 aromatic heterocycles. The molecule has 0 bridgehead atoms. The van der Waals surface area contributed by atoms with Gasteiger partial charge in [-0.15, -0.1) is 0 Å². The van der Waals surface area contributed by atoms with Crippen LogP contribution in [0, 0.1) is 11.3 Å². The van der Waals surface area contributed by atoms with Crippen molar-refractivity contribution in [1.82, 2.24) is 4.72 Å².